The van der Waals surface area contributed by atoms with Crippen molar-refractivity contribution in [2.75, 3.05) is 0 Å². The van der Waals surface area contributed by atoms with E-state index in [1.165, 1.54) is 4.90 Å². The zero-order valence-corrected chi connectivity index (χ0v) is 14.6. The predicted octanol–water partition coefficient (Wildman–Crippen LogP) is 1.58. The smallest absolute Gasteiger partial charge is 0.323 e. The summed E-state index contributed by atoms with van der Waals surface area (Å²) in [5, 5.41) is 14.4. The molecule has 2 heterocycles. The van der Waals surface area contributed by atoms with Gasteiger partial charge in [-0.3, -0.25) is 9.69 Å². The fourth-order valence-electron chi connectivity index (χ4n) is 3.20. The van der Waals surface area contributed by atoms with Crippen LogP contribution in [0.3, 0.4) is 0 Å². The van der Waals surface area contributed by atoms with E-state index in [9.17, 15) is 9.59 Å². The number of carbonyl (C=O) groups is 2. The number of tetrazole rings is 1. The molecule has 25 heavy (non-hydrogen) atoms. The highest BCUT2D eigenvalue weighted by Crippen LogP contribution is 2.25. The number of imide groups is 1. The lowest BCUT2D eigenvalue weighted by molar-refractivity contribution is -0.131. The quantitative estimate of drug-likeness (QED) is 0.805. The molecule has 1 aliphatic rings. The molecule has 0 spiro atoms. The first-order valence-corrected chi connectivity index (χ1v) is 8.32. The SMILES string of the molecule is CC(C)CC1(C)NC(=O)N(Cc2nnnn2Cc2ccccc2)C1=O. The normalized spacial score (nSPS) is 20.4. The largest absolute Gasteiger partial charge is 0.325 e. The molecular formula is C17H22N6O2. The van der Waals surface area contributed by atoms with E-state index in [2.05, 4.69) is 20.8 Å². The van der Waals surface area contributed by atoms with Crippen LogP contribution < -0.4 is 5.32 Å². The van der Waals surface area contributed by atoms with Gasteiger partial charge in [0.2, 0.25) is 0 Å². The lowest BCUT2D eigenvalue weighted by Gasteiger charge is -2.23. The second-order valence-corrected chi connectivity index (χ2v) is 6.99. The Labute approximate surface area is 146 Å². The van der Waals surface area contributed by atoms with Crippen molar-refractivity contribution < 1.29 is 9.59 Å². The van der Waals surface area contributed by atoms with E-state index < -0.39 is 11.6 Å². The van der Waals surface area contributed by atoms with Crippen molar-refractivity contribution in [3.8, 4) is 0 Å². The number of benzene rings is 1. The topological polar surface area (TPSA) is 93.0 Å². The van der Waals surface area contributed by atoms with Gasteiger partial charge in [0.25, 0.3) is 5.91 Å². The Bertz CT molecular complexity index is 772. The molecule has 8 heteroatoms. The average Bonchev–Trinajstić information content (AvgIpc) is 3.06. The van der Waals surface area contributed by atoms with Crippen molar-refractivity contribution in [1.82, 2.24) is 30.4 Å². The highest BCUT2D eigenvalue weighted by atomic mass is 16.2. The fourth-order valence-corrected chi connectivity index (χ4v) is 3.20. The first kappa shape index (κ1) is 17.1. The Hall–Kier alpha value is -2.77. The minimum absolute atomic E-state index is 0.0538. The van der Waals surface area contributed by atoms with Crippen LogP contribution in [-0.4, -0.2) is 42.6 Å². The molecule has 1 aliphatic heterocycles. The lowest BCUT2D eigenvalue weighted by Crippen LogP contribution is -2.45. The number of carbonyl (C=O) groups excluding carboxylic acids is 2. The van der Waals surface area contributed by atoms with E-state index in [0.29, 0.717) is 18.8 Å². The third kappa shape index (κ3) is 3.52. The Morgan fingerprint density at radius 2 is 1.88 bits per heavy atom. The number of hydrogen-bond donors (Lipinski definition) is 1. The first-order valence-electron chi connectivity index (χ1n) is 8.32. The van der Waals surface area contributed by atoms with Gasteiger partial charge in [-0.1, -0.05) is 44.2 Å². The van der Waals surface area contributed by atoms with Crippen molar-refractivity contribution in [3.05, 3.63) is 41.7 Å². The molecule has 1 aromatic heterocycles. The number of rotatable bonds is 6. The van der Waals surface area contributed by atoms with E-state index >= 15 is 0 Å². The van der Waals surface area contributed by atoms with Crippen LogP contribution in [0.5, 0.6) is 0 Å². The molecular weight excluding hydrogens is 320 g/mol. The molecule has 0 bridgehead atoms. The van der Waals surface area contributed by atoms with Crippen molar-refractivity contribution >= 4 is 11.9 Å². The minimum atomic E-state index is -0.872. The summed E-state index contributed by atoms with van der Waals surface area (Å²) in [6.07, 6.45) is 0.586. The molecule has 132 valence electrons. The third-order valence-electron chi connectivity index (χ3n) is 4.24. The van der Waals surface area contributed by atoms with Crippen molar-refractivity contribution in [2.45, 2.75) is 45.8 Å². The Morgan fingerprint density at radius 3 is 2.56 bits per heavy atom. The zero-order chi connectivity index (χ0) is 18.0. The summed E-state index contributed by atoms with van der Waals surface area (Å²) in [7, 11) is 0. The number of hydrogen-bond acceptors (Lipinski definition) is 5. The second-order valence-electron chi connectivity index (χ2n) is 6.99. The molecule has 0 saturated carbocycles. The maximum Gasteiger partial charge on any atom is 0.325 e. The van der Waals surface area contributed by atoms with Crippen LogP contribution in [0.1, 0.15) is 38.6 Å². The van der Waals surface area contributed by atoms with E-state index in [4.69, 9.17) is 0 Å². The molecule has 1 saturated heterocycles. The van der Waals surface area contributed by atoms with E-state index in [1.54, 1.807) is 11.6 Å². The van der Waals surface area contributed by atoms with Crippen LogP contribution in [0, 0.1) is 5.92 Å². The monoisotopic (exact) mass is 342 g/mol. The second kappa shape index (κ2) is 6.62. The van der Waals surface area contributed by atoms with Gasteiger partial charge in [0.05, 0.1) is 13.1 Å². The van der Waals surface area contributed by atoms with Crippen molar-refractivity contribution in [2.24, 2.45) is 5.92 Å². The molecule has 2 aromatic rings. The predicted molar refractivity (Wildman–Crippen MR) is 90.3 cm³/mol. The summed E-state index contributed by atoms with van der Waals surface area (Å²) in [6, 6.07) is 9.36. The molecule has 1 fully saturated rings. The van der Waals surface area contributed by atoms with Crippen LogP contribution in [-0.2, 0) is 17.9 Å². The summed E-state index contributed by atoms with van der Waals surface area (Å²) in [5.74, 6) is 0.527. The van der Waals surface area contributed by atoms with Gasteiger partial charge in [0, 0.05) is 0 Å². The van der Waals surface area contributed by atoms with Gasteiger partial charge in [0.15, 0.2) is 5.82 Å². The zero-order valence-electron chi connectivity index (χ0n) is 14.6. The fraction of sp³-hybridized carbons (Fsp3) is 0.471. The summed E-state index contributed by atoms with van der Waals surface area (Å²) in [4.78, 5) is 26.2. The minimum Gasteiger partial charge on any atom is -0.323 e. The van der Waals surface area contributed by atoms with Gasteiger partial charge in [-0.15, -0.1) is 5.10 Å². The number of nitrogens with one attached hydrogen (secondary N) is 1. The molecule has 0 aliphatic carbocycles. The molecule has 1 atom stereocenters. The maximum atomic E-state index is 12.7. The molecule has 1 unspecified atom stereocenters. The Balaban J connectivity index is 1.76. The van der Waals surface area contributed by atoms with Gasteiger partial charge in [-0.2, -0.15) is 0 Å². The standard InChI is InChI=1S/C17H22N6O2/c1-12(2)9-17(3)15(24)22(16(25)18-17)11-14-19-20-21-23(14)10-13-7-5-4-6-8-13/h4-8,12H,9-11H2,1-3H3,(H,18,25). The van der Waals surface area contributed by atoms with Crippen LogP contribution in [0.2, 0.25) is 0 Å². The molecule has 1 N–H and O–H groups in total. The number of nitrogens with zero attached hydrogens (tertiary/aromatic N) is 5. The van der Waals surface area contributed by atoms with Crippen LogP contribution in [0.25, 0.3) is 0 Å². The summed E-state index contributed by atoms with van der Waals surface area (Å²) >= 11 is 0. The van der Waals surface area contributed by atoms with E-state index in [0.717, 1.165) is 5.56 Å². The van der Waals surface area contributed by atoms with Gasteiger partial charge >= 0.3 is 6.03 Å². The van der Waals surface area contributed by atoms with Gasteiger partial charge in [-0.25, -0.2) is 9.48 Å². The maximum absolute atomic E-state index is 12.7. The van der Waals surface area contributed by atoms with E-state index in [-0.39, 0.29) is 18.4 Å². The third-order valence-corrected chi connectivity index (χ3v) is 4.24. The number of amides is 3. The molecule has 3 amide bonds. The number of urea groups is 1. The summed E-state index contributed by atoms with van der Waals surface area (Å²) in [6.45, 7) is 6.34. The lowest BCUT2D eigenvalue weighted by atomic mass is 9.91. The van der Waals surface area contributed by atoms with Crippen LogP contribution in [0.15, 0.2) is 30.3 Å². The van der Waals surface area contributed by atoms with Crippen LogP contribution >= 0.6 is 0 Å². The van der Waals surface area contributed by atoms with Crippen molar-refractivity contribution in [1.29, 1.82) is 0 Å². The van der Waals surface area contributed by atoms with Crippen molar-refractivity contribution in [3.63, 3.8) is 0 Å². The van der Waals surface area contributed by atoms with Gasteiger partial charge in [-0.05, 0) is 35.3 Å². The molecule has 8 nitrogen and oxygen atoms in total. The summed E-state index contributed by atoms with van der Waals surface area (Å²) in [5.41, 5.74) is 0.168. The summed E-state index contributed by atoms with van der Waals surface area (Å²) < 4.78 is 1.61. The molecule has 1 aromatic carbocycles. The Kier molecular flexibility index (Phi) is 4.52. The molecule has 0 radical (unpaired) electrons. The Morgan fingerprint density at radius 1 is 1.16 bits per heavy atom. The van der Waals surface area contributed by atoms with E-state index in [1.807, 2.05) is 44.2 Å². The highest BCUT2D eigenvalue weighted by molar-refractivity contribution is 6.06. The number of aromatic nitrogens is 4. The van der Waals surface area contributed by atoms with Gasteiger partial charge < -0.3 is 5.32 Å². The average molecular weight is 342 g/mol. The highest BCUT2D eigenvalue weighted by Gasteiger charge is 2.48. The molecule has 3 rings (SSSR count). The van der Waals surface area contributed by atoms with Gasteiger partial charge in [0.1, 0.15) is 5.54 Å². The first-order chi connectivity index (χ1) is 11.9. The van der Waals surface area contributed by atoms with Crippen LogP contribution in [0.4, 0.5) is 4.79 Å².